The van der Waals surface area contributed by atoms with Gasteiger partial charge in [0.05, 0.1) is 11.0 Å². The summed E-state index contributed by atoms with van der Waals surface area (Å²) in [6, 6.07) is 12.8. The maximum atomic E-state index is 8.57. The average molecular weight is 504 g/mol. The van der Waals surface area contributed by atoms with E-state index >= 15 is 0 Å². The van der Waals surface area contributed by atoms with E-state index in [1.54, 1.807) is 0 Å². The van der Waals surface area contributed by atoms with Crippen LogP contribution in [0.3, 0.4) is 0 Å². The van der Waals surface area contributed by atoms with E-state index in [4.69, 9.17) is 9.78 Å². The Kier molecular flexibility index (Phi) is 9.13. The van der Waals surface area contributed by atoms with Crippen molar-refractivity contribution >= 4 is 47.1 Å². The first-order valence-corrected chi connectivity index (χ1v) is 11.0. The number of hydrogen-bond donors (Lipinski definition) is 0. The maximum Gasteiger partial charge on any atom is 2.00 e. The largest absolute Gasteiger partial charge is 2.00 e. The number of halogens is 1. The Balaban J connectivity index is 0.000000921. The Bertz CT molecular complexity index is 921. The van der Waals surface area contributed by atoms with Crippen LogP contribution in [0.2, 0.25) is 0 Å². The molecule has 0 fully saturated rings. The van der Waals surface area contributed by atoms with E-state index in [9.17, 15) is 0 Å². The molecule has 28 heavy (non-hydrogen) atoms. The maximum absolute atomic E-state index is 8.57. The van der Waals surface area contributed by atoms with E-state index in [1.165, 1.54) is 11.1 Å². The van der Waals surface area contributed by atoms with Crippen LogP contribution in [0.4, 0.5) is 0 Å². The fourth-order valence-corrected chi connectivity index (χ4v) is 6.96. The van der Waals surface area contributed by atoms with Gasteiger partial charge in [0.25, 0.3) is 0 Å². The van der Waals surface area contributed by atoms with Gasteiger partial charge in [0.15, 0.2) is 0 Å². The van der Waals surface area contributed by atoms with Crippen molar-refractivity contribution in [2.45, 2.75) is 58.0 Å². The number of rotatable bonds is 2. The smallest absolute Gasteiger partial charge is 0.285 e. The molecule has 0 N–H and O–H groups in total. The molecule has 0 aliphatic heterocycles. The van der Waals surface area contributed by atoms with Crippen molar-refractivity contribution < 1.29 is 24.3 Å². The number of hydrogen-bond acceptors (Lipinski definition) is 3. The minimum atomic E-state index is -0.201. The molecule has 3 rings (SSSR count). The topological polar surface area (TPSA) is 42.9 Å². The van der Waals surface area contributed by atoms with Crippen LogP contribution in [-0.4, -0.2) is 26.0 Å². The zero-order valence-corrected chi connectivity index (χ0v) is 20.7. The minimum absolute atomic E-state index is 0. The van der Waals surface area contributed by atoms with Crippen molar-refractivity contribution in [1.29, 1.82) is 0 Å². The van der Waals surface area contributed by atoms with Gasteiger partial charge in [0.2, 0.25) is 5.75 Å². The molecule has 3 aromatic rings. The third kappa shape index (κ3) is 6.28. The molecule has 3 nitrogen and oxygen atoms in total. The van der Waals surface area contributed by atoms with Gasteiger partial charge in [-0.3, -0.25) is 14.8 Å². The molecule has 0 saturated heterocycles. The molecule has 0 radical (unpaired) electrons. The van der Waals surface area contributed by atoms with Gasteiger partial charge in [-0.2, -0.15) is 0 Å². The normalized spacial score (nSPS) is 11.7. The second-order valence-corrected chi connectivity index (χ2v) is 12.6. The Morgan fingerprint density at radius 1 is 0.929 bits per heavy atom. The summed E-state index contributed by atoms with van der Waals surface area (Å²) in [6.45, 7) is 14.2. The van der Waals surface area contributed by atoms with Crippen molar-refractivity contribution in [2.75, 3.05) is 0 Å². The average Bonchev–Trinajstić information content (AvgIpc) is 2.58. The van der Waals surface area contributed by atoms with Crippen molar-refractivity contribution in [2.24, 2.45) is 0 Å². The Morgan fingerprint density at radius 3 is 1.96 bits per heavy atom. The quantitative estimate of drug-likeness (QED) is 0.127. The summed E-state index contributed by atoms with van der Waals surface area (Å²) in [5.74, 6) is 0.222. The first kappa shape index (κ1) is 25.1. The van der Waals surface area contributed by atoms with Gasteiger partial charge in [0, 0.05) is 28.8 Å². The second kappa shape index (κ2) is 10.2. The van der Waals surface area contributed by atoms with Crippen LogP contribution >= 0.6 is 19.5 Å². The fraction of sp³-hybridized carbons (Fsp3) is 0.409. The van der Waals surface area contributed by atoms with Crippen molar-refractivity contribution in [3.05, 3.63) is 48.3 Å². The van der Waals surface area contributed by atoms with Crippen LogP contribution in [0.1, 0.15) is 47.2 Å². The molecule has 0 amide bonds. The van der Waals surface area contributed by atoms with E-state index in [1.807, 2.05) is 12.3 Å². The van der Waals surface area contributed by atoms with Crippen molar-refractivity contribution in [3.63, 3.8) is 0 Å². The number of aromatic nitrogens is 2. The summed E-state index contributed by atoms with van der Waals surface area (Å²) in [6.07, 6.45) is 2.91. The molecular weight excluding hydrogens is 476 g/mol. The summed E-state index contributed by atoms with van der Waals surface area (Å²) >= 11 is 4.32. The SMILES string of the molecule is CC(C)(C)P(Cc1ccc2ccc3cccnc3c2n1)C(C)(C)C.O=CCl.[Ru+2]. The third-order valence-electron chi connectivity index (χ3n) is 4.43. The third-order valence-corrected chi connectivity index (χ3v) is 8.31. The molecule has 2 aromatic heterocycles. The molecule has 0 aliphatic carbocycles. The molecule has 150 valence electrons. The van der Waals surface area contributed by atoms with Crippen LogP contribution in [0.15, 0.2) is 42.6 Å². The fourth-order valence-electron chi connectivity index (χ4n) is 3.49. The van der Waals surface area contributed by atoms with Crippen LogP contribution in [0.25, 0.3) is 21.8 Å². The molecule has 0 bridgehead atoms. The zero-order valence-electron chi connectivity index (χ0n) is 17.3. The number of carbonyl (C=O) groups excluding carboxylic acids is 1. The summed E-state index contributed by atoms with van der Waals surface area (Å²) < 4.78 is 0. The molecule has 0 aliphatic rings. The van der Waals surface area contributed by atoms with Crippen molar-refractivity contribution in [3.8, 4) is 0 Å². The van der Waals surface area contributed by atoms with Crippen LogP contribution in [0, 0.1) is 0 Å². The Morgan fingerprint density at radius 2 is 1.43 bits per heavy atom. The second-order valence-electron chi connectivity index (χ2n) is 8.53. The summed E-state index contributed by atoms with van der Waals surface area (Å²) in [7, 11) is -0.201. The number of fused-ring (bicyclic) bond motifs is 3. The van der Waals surface area contributed by atoms with Gasteiger partial charge in [-0.1, -0.05) is 73.7 Å². The molecule has 0 atom stereocenters. The van der Waals surface area contributed by atoms with Gasteiger partial charge >= 0.3 is 19.5 Å². The van der Waals surface area contributed by atoms with E-state index in [2.05, 4.69) is 88.5 Å². The van der Waals surface area contributed by atoms with Gasteiger partial charge in [-0.05, 0) is 34.0 Å². The number of carbonyl (C=O) groups is 1. The molecule has 2 heterocycles. The minimum Gasteiger partial charge on any atom is -0.285 e. The van der Waals surface area contributed by atoms with Crippen molar-refractivity contribution in [1.82, 2.24) is 9.97 Å². The van der Waals surface area contributed by atoms with E-state index in [-0.39, 0.29) is 33.1 Å². The van der Waals surface area contributed by atoms with Gasteiger partial charge < -0.3 is 0 Å². The molecule has 0 unspecified atom stereocenters. The Labute approximate surface area is 187 Å². The van der Waals surface area contributed by atoms with Crippen LogP contribution in [-0.2, 0) is 30.4 Å². The van der Waals surface area contributed by atoms with E-state index in [0.29, 0.717) is 10.3 Å². The van der Waals surface area contributed by atoms with Crippen LogP contribution in [0.5, 0.6) is 0 Å². The number of benzene rings is 1. The summed E-state index contributed by atoms with van der Waals surface area (Å²) in [5.41, 5.74) is 3.23. The molecule has 1 aromatic carbocycles. The summed E-state index contributed by atoms with van der Waals surface area (Å²) in [5, 5.41) is 2.94. The monoisotopic (exact) mass is 504 g/mol. The predicted molar refractivity (Wildman–Crippen MR) is 120 cm³/mol. The number of nitrogens with zero attached hydrogens (tertiary/aromatic N) is 2. The Hall–Kier alpha value is -0.947. The van der Waals surface area contributed by atoms with Crippen LogP contribution < -0.4 is 0 Å². The molecule has 6 heteroatoms. The summed E-state index contributed by atoms with van der Waals surface area (Å²) in [4.78, 5) is 18.2. The first-order chi connectivity index (χ1) is 12.6. The van der Waals surface area contributed by atoms with E-state index < -0.39 is 0 Å². The standard InChI is InChI=1S/C21H27N2P.CHClO.Ru/c1-20(2,3)24(21(4,5)6)14-17-12-11-16-10-9-15-8-7-13-22-18(15)19(16)23-17;2-1-3;/h7-13H,14H2,1-6H3;1H;/q;;+2. The van der Waals surface area contributed by atoms with Gasteiger partial charge in [-0.25, -0.2) is 0 Å². The predicted octanol–water partition coefficient (Wildman–Crippen LogP) is 6.77. The molecule has 0 saturated carbocycles. The zero-order chi connectivity index (χ0) is 20.2. The van der Waals surface area contributed by atoms with E-state index in [0.717, 1.165) is 22.6 Å². The number of pyridine rings is 2. The molecule has 0 spiro atoms. The first-order valence-electron chi connectivity index (χ1n) is 9.03. The molecular formula is C22H28ClN2OPRu+2. The van der Waals surface area contributed by atoms with Gasteiger partial charge in [0.1, 0.15) is 0 Å². The van der Waals surface area contributed by atoms with Gasteiger partial charge in [-0.15, -0.1) is 0 Å².